The normalized spacial score (nSPS) is 24.4. The molecule has 0 bridgehead atoms. The number of hydrogen-bond donors (Lipinski definition) is 2. The maximum Gasteiger partial charge on any atom is 0.224 e. The van der Waals surface area contributed by atoms with E-state index in [9.17, 15) is 0 Å². The molecule has 18 heavy (non-hydrogen) atoms. The molecule has 0 saturated heterocycles. The van der Waals surface area contributed by atoms with Gasteiger partial charge in [0.15, 0.2) is 0 Å². The van der Waals surface area contributed by atoms with Gasteiger partial charge in [0.25, 0.3) is 0 Å². The summed E-state index contributed by atoms with van der Waals surface area (Å²) in [6.07, 6.45) is 8.22. The number of aromatic nitrogens is 2. The van der Waals surface area contributed by atoms with Crippen LogP contribution in [-0.2, 0) is 0 Å². The lowest BCUT2D eigenvalue weighted by atomic mass is 10.0. The summed E-state index contributed by atoms with van der Waals surface area (Å²) >= 11 is 3.50. The van der Waals surface area contributed by atoms with Crippen molar-refractivity contribution in [3.05, 3.63) is 10.7 Å². The van der Waals surface area contributed by atoms with Gasteiger partial charge in [0, 0.05) is 19.3 Å². The highest BCUT2D eigenvalue weighted by atomic mass is 79.9. The largest absolute Gasteiger partial charge is 0.366 e. The molecule has 2 atom stereocenters. The Kier molecular flexibility index (Phi) is 4.80. The van der Waals surface area contributed by atoms with Crippen LogP contribution in [0.4, 0.5) is 11.8 Å². The Morgan fingerprint density at radius 2 is 2.11 bits per heavy atom. The SMILES string of the molecule is CNc1ncc(Br)c(NC2CCCC(C)CC2)n1. The van der Waals surface area contributed by atoms with E-state index in [2.05, 4.69) is 43.5 Å². The lowest BCUT2D eigenvalue weighted by Crippen LogP contribution is -2.20. The second-order valence-corrected chi connectivity index (χ2v) is 5.95. The first-order valence-corrected chi connectivity index (χ1v) is 7.45. The molecule has 1 aromatic heterocycles. The fourth-order valence-electron chi connectivity index (χ4n) is 2.41. The Morgan fingerprint density at radius 1 is 1.28 bits per heavy atom. The van der Waals surface area contributed by atoms with Crippen LogP contribution >= 0.6 is 15.9 Å². The zero-order valence-corrected chi connectivity index (χ0v) is 12.6. The molecule has 0 aromatic carbocycles. The Bertz CT molecular complexity index is 397. The minimum atomic E-state index is 0.533. The lowest BCUT2D eigenvalue weighted by Gasteiger charge is -2.18. The van der Waals surface area contributed by atoms with Gasteiger partial charge < -0.3 is 10.6 Å². The zero-order chi connectivity index (χ0) is 13.0. The van der Waals surface area contributed by atoms with Gasteiger partial charge in [0.2, 0.25) is 5.95 Å². The van der Waals surface area contributed by atoms with Crippen molar-refractivity contribution >= 4 is 27.7 Å². The molecule has 0 spiro atoms. The fraction of sp³-hybridized carbons (Fsp3) is 0.692. The molecule has 1 aliphatic carbocycles. The minimum absolute atomic E-state index is 0.533. The number of hydrogen-bond acceptors (Lipinski definition) is 4. The maximum absolute atomic E-state index is 4.45. The molecule has 0 aliphatic heterocycles. The summed E-state index contributed by atoms with van der Waals surface area (Å²) in [7, 11) is 1.83. The molecule has 1 fully saturated rings. The predicted octanol–water partition coefficient (Wildman–Crippen LogP) is 3.66. The highest BCUT2D eigenvalue weighted by Gasteiger charge is 2.17. The lowest BCUT2D eigenvalue weighted by molar-refractivity contribution is 0.502. The van der Waals surface area contributed by atoms with Crippen LogP contribution in [0, 0.1) is 5.92 Å². The first kappa shape index (κ1) is 13.6. The summed E-state index contributed by atoms with van der Waals surface area (Å²) in [6, 6.07) is 0.533. The maximum atomic E-state index is 4.45. The molecule has 0 radical (unpaired) electrons. The van der Waals surface area contributed by atoms with Crippen LogP contribution in [0.5, 0.6) is 0 Å². The molecule has 1 aromatic rings. The van der Waals surface area contributed by atoms with Crippen molar-refractivity contribution in [3.63, 3.8) is 0 Å². The summed E-state index contributed by atoms with van der Waals surface area (Å²) in [5.41, 5.74) is 0. The highest BCUT2D eigenvalue weighted by Crippen LogP contribution is 2.27. The third kappa shape index (κ3) is 3.57. The van der Waals surface area contributed by atoms with E-state index in [-0.39, 0.29) is 0 Å². The summed E-state index contributed by atoms with van der Waals surface area (Å²) in [4.78, 5) is 8.63. The van der Waals surface area contributed by atoms with Crippen LogP contribution in [-0.4, -0.2) is 23.1 Å². The number of anilines is 2. The Balaban J connectivity index is 2.03. The Labute approximate surface area is 117 Å². The van der Waals surface area contributed by atoms with Crippen molar-refractivity contribution < 1.29 is 0 Å². The van der Waals surface area contributed by atoms with Gasteiger partial charge in [-0.2, -0.15) is 4.98 Å². The van der Waals surface area contributed by atoms with E-state index in [0.717, 1.165) is 16.2 Å². The monoisotopic (exact) mass is 312 g/mol. The molecular formula is C13H21BrN4. The molecule has 2 unspecified atom stereocenters. The van der Waals surface area contributed by atoms with Gasteiger partial charge >= 0.3 is 0 Å². The van der Waals surface area contributed by atoms with Crippen molar-refractivity contribution in [2.45, 2.75) is 45.1 Å². The molecule has 5 heteroatoms. The van der Waals surface area contributed by atoms with Gasteiger partial charge in [-0.25, -0.2) is 4.98 Å². The zero-order valence-electron chi connectivity index (χ0n) is 11.0. The first-order chi connectivity index (χ1) is 8.69. The number of nitrogens with zero attached hydrogens (tertiary/aromatic N) is 2. The highest BCUT2D eigenvalue weighted by molar-refractivity contribution is 9.10. The summed E-state index contributed by atoms with van der Waals surface area (Å²) < 4.78 is 0.929. The molecule has 4 nitrogen and oxygen atoms in total. The van der Waals surface area contributed by atoms with Crippen molar-refractivity contribution in [3.8, 4) is 0 Å². The van der Waals surface area contributed by atoms with Crippen molar-refractivity contribution in [2.24, 2.45) is 5.92 Å². The second kappa shape index (κ2) is 6.36. The van der Waals surface area contributed by atoms with E-state index in [1.807, 2.05) is 7.05 Å². The van der Waals surface area contributed by atoms with Crippen molar-refractivity contribution in [1.29, 1.82) is 0 Å². The fourth-order valence-corrected chi connectivity index (χ4v) is 2.72. The third-order valence-corrected chi connectivity index (χ3v) is 4.15. The quantitative estimate of drug-likeness (QED) is 0.836. The first-order valence-electron chi connectivity index (χ1n) is 6.66. The minimum Gasteiger partial charge on any atom is -0.366 e. The molecule has 1 saturated carbocycles. The standard InChI is InChI=1S/C13H21BrN4/c1-9-4-3-5-10(7-6-9)17-12-11(14)8-16-13(15-2)18-12/h8-10H,3-7H2,1-2H3,(H2,15,16,17,18). The molecule has 100 valence electrons. The van der Waals surface area contributed by atoms with Gasteiger partial charge in [0.1, 0.15) is 5.82 Å². The van der Waals surface area contributed by atoms with Gasteiger partial charge in [-0.15, -0.1) is 0 Å². The van der Waals surface area contributed by atoms with Gasteiger partial charge in [0.05, 0.1) is 4.47 Å². The van der Waals surface area contributed by atoms with E-state index < -0.39 is 0 Å². The third-order valence-electron chi connectivity index (χ3n) is 3.57. The second-order valence-electron chi connectivity index (χ2n) is 5.09. The number of halogens is 1. The van der Waals surface area contributed by atoms with Crippen LogP contribution in [0.3, 0.4) is 0 Å². The van der Waals surface area contributed by atoms with Crippen LogP contribution < -0.4 is 10.6 Å². The topological polar surface area (TPSA) is 49.8 Å². The molecule has 1 heterocycles. The van der Waals surface area contributed by atoms with E-state index >= 15 is 0 Å². The van der Waals surface area contributed by atoms with E-state index in [1.54, 1.807) is 6.20 Å². The Hall–Kier alpha value is -0.840. The number of nitrogens with one attached hydrogen (secondary N) is 2. The molecular weight excluding hydrogens is 292 g/mol. The van der Waals surface area contributed by atoms with Crippen LogP contribution in [0.15, 0.2) is 10.7 Å². The van der Waals surface area contributed by atoms with E-state index in [1.165, 1.54) is 32.1 Å². The summed E-state index contributed by atoms with van der Waals surface area (Å²) in [5.74, 6) is 2.41. The smallest absolute Gasteiger partial charge is 0.224 e. The molecule has 1 aliphatic rings. The van der Waals surface area contributed by atoms with E-state index in [0.29, 0.717) is 12.0 Å². The summed E-state index contributed by atoms with van der Waals surface area (Å²) in [6.45, 7) is 2.35. The van der Waals surface area contributed by atoms with Crippen LogP contribution in [0.2, 0.25) is 0 Å². The molecule has 0 amide bonds. The van der Waals surface area contributed by atoms with Crippen LogP contribution in [0.25, 0.3) is 0 Å². The van der Waals surface area contributed by atoms with Crippen LogP contribution in [0.1, 0.15) is 39.0 Å². The molecule has 2 rings (SSSR count). The number of rotatable bonds is 3. The van der Waals surface area contributed by atoms with Gasteiger partial charge in [-0.1, -0.05) is 19.8 Å². The average molecular weight is 313 g/mol. The van der Waals surface area contributed by atoms with Crippen molar-refractivity contribution in [2.75, 3.05) is 17.7 Å². The summed E-state index contributed by atoms with van der Waals surface area (Å²) in [5, 5.41) is 6.51. The van der Waals surface area contributed by atoms with Crippen molar-refractivity contribution in [1.82, 2.24) is 9.97 Å². The average Bonchev–Trinajstić information content (AvgIpc) is 2.57. The predicted molar refractivity (Wildman–Crippen MR) is 78.9 cm³/mol. The molecule has 2 N–H and O–H groups in total. The van der Waals surface area contributed by atoms with Gasteiger partial charge in [-0.05, 0) is 41.1 Å². The Morgan fingerprint density at radius 3 is 2.89 bits per heavy atom. The van der Waals surface area contributed by atoms with Gasteiger partial charge in [-0.3, -0.25) is 0 Å². The van der Waals surface area contributed by atoms with E-state index in [4.69, 9.17) is 0 Å².